The second-order valence-corrected chi connectivity index (χ2v) is 9.57. The number of hydrogen-bond donors (Lipinski definition) is 3. The van der Waals surface area contributed by atoms with Gasteiger partial charge in [0, 0.05) is 36.2 Å². The Hall–Kier alpha value is -3.87. The molecule has 0 saturated carbocycles. The third kappa shape index (κ3) is 6.84. The molecule has 7 heteroatoms. The molecular weight excluding hydrogens is 455 g/mol. The van der Waals surface area contributed by atoms with Crippen LogP contribution in [-0.2, 0) is 6.42 Å². The molecule has 0 bridgehead atoms. The molecule has 6 nitrogen and oxygen atoms in total. The van der Waals surface area contributed by atoms with Gasteiger partial charge in [0.05, 0.1) is 5.56 Å². The third-order valence-corrected chi connectivity index (χ3v) is 6.32. The van der Waals surface area contributed by atoms with Gasteiger partial charge in [0.1, 0.15) is 5.82 Å². The van der Waals surface area contributed by atoms with Crippen molar-refractivity contribution < 1.29 is 14.0 Å². The molecule has 3 aromatic carbocycles. The van der Waals surface area contributed by atoms with Crippen molar-refractivity contribution in [2.45, 2.75) is 39.2 Å². The van der Waals surface area contributed by atoms with Crippen LogP contribution in [0.3, 0.4) is 0 Å². The topological polar surface area (TPSA) is 73.5 Å². The van der Waals surface area contributed by atoms with Gasteiger partial charge in [-0.25, -0.2) is 9.18 Å². The summed E-state index contributed by atoms with van der Waals surface area (Å²) in [5.74, 6) is 0.00184. The van der Waals surface area contributed by atoms with Crippen LogP contribution in [0.4, 0.5) is 26.2 Å². The lowest BCUT2D eigenvalue weighted by Crippen LogP contribution is -2.37. The summed E-state index contributed by atoms with van der Waals surface area (Å²) < 4.78 is 13.4. The molecule has 0 atom stereocenters. The van der Waals surface area contributed by atoms with Crippen LogP contribution in [0.2, 0.25) is 0 Å². The lowest BCUT2D eigenvalue weighted by molar-refractivity contribution is 0.0943. The first-order chi connectivity index (χ1) is 17.4. The van der Waals surface area contributed by atoms with Gasteiger partial charge in [0.25, 0.3) is 5.91 Å². The van der Waals surface area contributed by atoms with Gasteiger partial charge in [-0.15, -0.1) is 0 Å². The molecule has 1 heterocycles. The molecule has 0 unspecified atom stereocenters. The molecule has 0 aromatic heterocycles. The fourth-order valence-corrected chi connectivity index (χ4v) is 4.60. The zero-order chi connectivity index (χ0) is 25.5. The van der Waals surface area contributed by atoms with Crippen molar-refractivity contribution in [3.8, 4) is 0 Å². The summed E-state index contributed by atoms with van der Waals surface area (Å²) in [5, 5.41) is 8.34. The Balaban J connectivity index is 1.46. The van der Waals surface area contributed by atoms with E-state index in [1.165, 1.54) is 23.8 Å². The largest absolute Gasteiger partial charge is 0.371 e. The Morgan fingerprint density at radius 1 is 0.917 bits per heavy atom. The minimum absolute atomic E-state index is 0.0187. The van der Waals surface area contributed by atoms with Crippen LogP contribution >= 0.6 is 0 Å². The van der Waals surface area contributed by atoms with E-state index in [0.29, 0.717) is 22.9 Å². The molecule has 188 valence electrons. The highest BCUT2D eigenvalue weighted by atomic mass is 19.1. The van der Waals surface area contributed by atoms with Gasteiger partial charge in [-0.1, -0.05) is 36.4 Å². The quantitative estimate of drug-likeness (QED) is 0.378. The number of anilines is 3. The Labute approximate surface area is 211 Å². The maximum Gasteiger partial charge on any atom is 0.323 e. The summed E-state index contributed by atoms with van der Waals surface area (Å²) in [6.45, 7) is 5.57. The number of amides is 3. The minimum atomic E-state index is -0.509. The first-order valence-corrected chi connectivity index (χ1v) is 12.4. The van der Waals surface area contributed by atoms with Gasteiger partial charge in [-0.3, -0.25) is 4.79 Å². The Morgan fingerprint density at radius 3 is 2.28 bits per heavy atom. The summed E-state index contributed by atoms with van der Waals surface area (Å²) in [6, 6.07) is 21.1. The number of halogens is 1. The van der Waals surface area contributed by atoms with E-state index < -0.39 is 11.8 Å². The highest BCUT2D eigenvalue weighted by Gasteiger charge is 2.24. The number of rotatable bonds is 7. The average Bonchev–Trinajstić information content (AvgIpc) is 2.85. The van der Waals surface area contributed by atoms with E-state index in [1.54, 1.807) is 18.2 Å². The third-order valence-electron chi connectivity index (χ3n) is 6.32. The number of carbonyl (C=O) groups excluding carboxylic acids is 2. The smallest absolute Gasteiger partial charge is 0.323 e. The SMILES string of the molecule is CC(C)NC(=O)c1cc(NC(=O)Nc2cccc(F)c2)ccc1N1CCC(Cc2ccccc2)CC1. The summed E-state index contributed by atoms with van der Waals surface area (Å²) >= 11 is 0. The lowest BCUT2D eigenvalue weighted by Gasteiger charge is -2.35. The Morgan fingerprint density at radius 2 is 1.61 bits per heavy atom. The van der Waals surface area contributed by atoms with Crippen molar-refractivity contribution in [1.82, 2.24) is 5.32 Å². The molecule has 0 aliphatic carbocycles. The van der Waals surface area contributed by atoms with E-state index in [-0.39, 0.29) is 11.9 Å². The van der Waals surface area contributed by atoms with E-state index in [4.69, 9.17) is 0 Å². The number of carbonyl (C=O) groups is 2. The first-order valence-electron chi connectivity index (χ1n) is 12.4. The molecule has 1 aliphatic rings. The van der Waals surface area contributed by atoms with E-state index >= 15 is 0 Å². The predicted molar refractivity (Wildman–Crippen MR) is 143 cm³/mol. The number of nitrogens with one attached hydrogen (secondary N) is 3. The number of benzene rings is 3. The Bertz CT molecular complexity index is 1190. The van der Waals surface area contributed by atoms with Crippen molar-refractivity contribution in [3.05, 3.63) is 89.7 Å². The fraction of sp³-hybridized carbons (Fsp3) is 0.310. The van der Waals surface area contributed by atoms with Crippen LogP contribution in [0.15, 0.2) is 72.8 Å². The minimum Gasteiger partial charge on any atom is -0.371 e. The molecule has 4 rings (SSSR count). The highest BCUT2D eigenvalue weighted by Crippen LogP contribution is 2.30. The summed E-state index contributed by atoms with van der Waals surface area (Å²) in [4.78, 5) is 27.8. The van der Waals surface area contributed by atoms with Gasteiger partial charge in [-0.05, 0) is 81.0 Å². The monoisotopic (exact) mass is 488 g/mol. The van der Waals surface area contributed by atoms with Crippen molar-refractivity contribution >= 4 is 29.0 Å². The van der Waals surface area contributed by atoms with Crippen LogP contribution in [0.5, 0.6) is 0 Å². The molecule has 3 amide bonds. The second-order valence-electron chi connectivity index (χ2n) is 9.57. The lowest BCUT2D eigenvalue weighted by atomic mass is 9.89. The maximum atomic E-state index is 13.4. The van der Waals surface area contributed by atoms with Gasteiger partial charge < -0.3 is 20.9 Å². The van der Waals surface area contributed by atoms with E-state index in [0.717, 1.165) is 38.0 Å². The van der Waals surface area contributed by atoms with Crippen molar-refractivity contribution in [2.24, 2.45) is 5.92 Å². The van der Waals surface area contributed by atoms with E-state index in [2.05, 4.69) is 45.1 Å². The maximum absolute atomic E-state index is 13.4. The average molecular weight is 489 g/mol. The molecule has 3 aromatic rings. The van der Waals surface area contributed by atoms with Crippen LogP contribution in [0.25, 0.3) is 0 Å². The molecule has 0 radical (unpaired) electrons. The number of urea groups is 1. The molecule has 1 fully saturated rings. The van der Waals surface area contributed by atoms with Crippen molar-refractivity contribution in [1.29, 1.82) is 0 Å². The van der Waals surface area contributed by atoms with E-state index in [9.17, 15) is 14.0 Å². The molecular formula is C29H33FN4O2. The molecule has 3 N–H and O–H groups in total. The Kier molecular flexibility index (Phi) is 8.21. The summed E-state index contributed by atoms with van der Waals surface area (Å²) in [7, 11) is 0. The first kappa shape index (κ1) is 25.2. The standard InChI is InChI=1S/C29H33FN4O2/c1-20(2)31-28(35)26-19-25(33-29(36)32-24-10-6-9-23(30)18-24)11-12-27(26)34-15-13-22(14-16-34)17-21-7-4-3-5-8-21/h3-12,18-20,22H,13-17H2,1-2H3,(H,31,35)(H2,32,33,36). The van der Waals surface area contributed by atoms with Crippen LogP contribution in [0, 0.1) is 11.7 Å². The predicted octanol–water partition coefficient (Wildman–Crippen LogP) is 6.07. The number of nitrogens with zero attached hydrogens (tertiary/aromatic N) is 1. The molecule has 0 spiro atoms. The zero-order valence-electron chi connectivity index (χ0n) is 20.8. The van der Waals surface area contributed by atoms with Crippen LogP contribution in [0.1, 0.15) is 42.6 Å². The van der Waals surface area contributed by atoms with Gasteiger partial charge in [0.2, 0.25) is 0 Å². The van der Waals surface area contributed by atoms with Crippen molar-refractivity contribution in [2.75, 3.05) is 28.6 Å². The molecule has 1 saturated heterocycles. The molecule has 1 aliphatic heterocycles. The van der Waals surface area contributed by atoms with Gasteiger partial charge in [0.15, 0.2) is 0 Å². The highest BCUT2D eigenvalue weighted by molar-refractivity contribution is 6.04. The van der Waals surface area contributed by atoms with Crippen LogP contribution < -0.4 is 20.9 Å². The number of hydrogen-bond acceptors (Lipinski definition) is 3. The van der Waals surface area contributed by atoms with Gasteiger partial charge >= 0.3 is 6.03 Å². The van der Waals surface area contributed by atoms with Crippen molar-refractivity contribution in [3.63, 3.8) is 0 Å². The normalized spacial score (nSPS) is 13.9. The number of piperidine rings is 1. The fourth-order valence-electron chi connectivity index (χ4n) is 4.60. The summed E-state index contributed by atoms with van der Waals surface area (Å²) in [6.07, 6.45) is 3.17. The van der Waals surface area contributed by atoms with E-state index in [1.807, 2.05) is 26.0 Å². The zero-order valence-corrected chi connectivity index (χ0v) is 20.8. The second kappa shape index (κ2) is 11.7. The molecule has 36 heavy (non-hydrogen) atoms. The van der Waals surface area contributed by atoms with Crippen LogP contribution in [-0.4, -0.2) is 31.1 Å². The summed E-state index contributed by atoms with van der Waals surface area (Å²) in [5.41, 5.74) is 3.58. The van der Waals surface area contributed by atoms with Gasteiger partial charge in [-0.2, -0.15) is 0 Å².